The van der Waals surface area contributed by atoms with E-state index < -0.39 is 16.1 Å². The third-order valence-electron chi connectivity index (χ3n) is 4.19. The number of benzene rings is 2. The standard InChI is InChI=1S/C17H20N2O3S/c1-13-17(20)18-9-4-10-19(13)23(21,22)12-14-7-8-15-5-2-3-6-16(15)11-14/h2-3,5-8,11,13H,4,9-10,12H2,1H3,(H,18,20)/t13-/m0/s1. The molecular weight excluding hydrogens is 312 g/mol. The first-order valence-corrected chi connectivity index (χ1v) is 9.33. The molecule has 1 heterocycles. The number of hydrogen-bond acceptors (Lipinski definition) is 3. The second kappa shape index (κ2) is 6.29. The van der Waals surface area contributed by atoms with E-state index in [4.69, 9.17) is 0 Å². The van der Waals surface area contributed by atoms with E-state index in [9.17, 15) is 13.2 Å². The van der Waals surface area contributed by atoms with E-state index >= 15 is 0 Å². The SMILES string of the molecule is C[C@H]1C(=O)NCCCN1S(=O)(=O)Cc1ccc2ccccc2c1. The highest BCUT2D eigenvalue weighted by Gasteiger charge is 2.33. The van der Waals surface area contributed by atoms with Gasteiger partial charge in [0.05, 0.1) is 5.75 Å². The molecule has 0 unspecified atom stereocenters. The summed E-state index contributed by atoms with van der Waals surface area (Å²) in [6, 6.07) is 12.8. The highest BCUT2D eigenvalue weighted by atomic mass is 32.2. The summed E-state index contributed by atoms with van der Waals surface area (Å²) in [5.74, 6) is -0.320. The first-order valence-electron chi connectivity index (χ1n) is 7.72. The Bertz CT molecular complexity index is 833. The maximum absolute atomic E-state index is 12.7. The van der Waals surface area contributed by atoms with E-state index in [1.54, 1.807) is 6.92 Å². The molecule has 0 spiro atoms. The predicted molar refractivity (Wildman–Crippen MR) is 90.4 cm³/mol. The molecule has 0 aliphatic carbocycles. The number of nitrogens with one attached hydrogen (secondary N) is 1. The molecule has 2 aromatic rings. The van der Waals surface area contributed by atoms with Gasteiger partial charge < -0.3 is 5.32 Å². The Balaban J connectivity index is 1.88. The number of amides is 1. The van der Waals surface area contributed by atoms with E-state index in [2.05, 4.69) is 5.32 Å². The fourth-order valence-electron chi connectivity index (χ4n) is 2.92. The fourth-order valence-corrected chi connectivity index (χ4v) is 4.67. The Kier molecular flexibility index (Phi) is 4.37. The lowest BCUT2D eigenvalue weighted by atomic mass is 10.1. The lowest BCUT2D eigenvalue weighted by Crippen LogP contribution is -2.45. The third kappa shape index (κ3) is 3.38. The molecule has 6 heteroatoms. The van der Waals surface area contributed by atoms with Crippen LogP contribution in [0.25, 0.3) is 10.8 Å². The van der Waals surface area contributed by atoms with Crippen molar-refractivity contribution in [2.24, 2.45) is 0 Å². The van der Waals surface area contributed by atoms with Gasteiger partial charge in [0.25, 0.3) is 0 Å². The zero-order valence-corrected chi connectivity index (χ0v) is 13.8. The van der Waals surface area contributed by atoms with Crippen LogP contribution in [0.15, 0.2) is 42.5 Å². The molecule has 1 aliphatic rings. The first kappa shape index (κ1) is 16.0. The van der Waals surface area contributed by atoms with Crippen molar-refractivity contribution in [3.05, 3.63) is 48.0 Å². The largest absolute Gasteiger partial charge is 0.355 e. The highest BCUT2D eigenvalue weighted by Crippen LogP contribution is 2.20. The summed E-state index contributed by atoms with van der Waals surface area (Å²) in [6.45, 7) is 2.53. The monoisotopic (exact) mass is 332 g/mol. The molecule has 2 aromatic carbocycles. The van der Waals surface area contributed by atoms with Crippen molar-refractivity contribution in [1.29, 1.82) is 0 Å². The van der Waals surface area contributed by atoms with Crippen molar-refractivity contribution in [1.82, 2.24) is 9.62 Å². The molecule has 23 heavy (non-hydrogen) atoms. The minimum atomic E-state index is -3.54. The number of rotatable bonds is 3. The van der Waals surface area contributed by atoms with Gasteiger partial charge in [0.15, 0.2) is 0 Å². The van der Waals surface area contributed by atoms with Crippen LogP contribution in [0.2, 0.25) is 0 Å². The molecule has 122 valence electrons. The van der Waals surface area contributed by atoms with E-state index in [1.165, 1.54) is 4.31 Å². The average molecular weight is 332 g/mol. The summed E-state index contributed by atoms with van der Waals surface area (Å²) in [5.41, 5.74) is 0.737. The van der Waals surface area contributed by atoms with Gasteiger partial charge in [-0.2, -0.15) is 4.31 Å². The van der Waals surface area contributed by atoms with Crippen LogP contribution in [-0.4, -0.2) is 37.8 Å². The lowest BCUT2D eigenvalue weighted by Gasteiger charge is -2.24. The van der Waals surface area contributed by atoms with Crippen molar-refractivity contribution in [3.8, 4) is 0 Å². The fraction of sp³-hybridized carbons (Fsp3) is 0.353. The van der Waals surface area contributed by atoms with Gasteiger partial charge in [-0.15, -0.1) is 0 Å². The number of nitrogens with zero attached hydrogens (tertiary/aromatic N) is 1. The van der Waals surface area contributed by atoms with E-state index in [1.807, 2.05) is 42.5 Å². The van der Waals surface area contributed by atoms with Crippen LogP contribution >= 0.6 is 0 Å². The lowest BCUT2D eigenvalue weighted by molar-refractivity contribution is -0.123. The van der Waals surface area contributed by atoms with Crippen LogP contribution in [-0.2, 0) is 20.6 Å². The Morgan fingerprint density at radius 1 is 1.17 bits per heavy atom. The molecule has 1 amide bonds. The summed E-state index contributed by atoms with van der Waals surface area (Å²) in [7, 11) is -3.54. The van der Waals surface area contributed by atoms with Crippen molar-refractivity contribution >= 4 is 26.7 Å². The van der Waals surface area contributed by atoms with Crippen LogP contribution < -0.4 is 5.32 Å². The van der Waals surface area contributed by atoms with Gasteiger partial charge in [0.2, 0.25) is 15.9 Å². The van der Waals surface area contributed by atoms with Gasteiger partial charge >= 0.3 is 0 Å². The minimum Gasteiger partial charge on any atom is -0.355 e. The quantitative estimate of drug-likeness (QED) is 0.933. The van der Waals surface area contributed by atoms with Gasteiger partial charge in [0, 0.05) is 13.1 Å². The predicted octanol–water partition coefficient (Wildman–Crippen LogP) is 1.88. The molecular formula is C17H20N2O3S. The second-order valence-corrected chi connectivity index (χ2v) is 7.79. The molecule has 0 aromatic heterocycles. The molecule has 1 aliphatic heterocycles. The zero-order chi connectivity index (χ0) is 16.4. The molecule has 1 atom stereocenters. The normalized spacial score (nSPS) is 20.2. The number of hydrogen-bond donors (Lipinski definition) is 1. The van der Waals surface area contributed by atoms with Crippen molar-refractivity contribution in [3.63, 3.8) is 0 Å². The minimum absolute atomic E-state index is 0.0878. The van der Waals surface area contributed by atoms with Crippen LogP contribution in [0.3, 0.4) is 0 Å². The zero-order valence-electron chi connectivity index (χ0n) is 13.0. The van der Waals surface area contributed by atoms with Crippen LogP contribution in [0, 0.1) is 0 Å². The van der Waals surface area contributed by atoms with Crippen molar-refractivity contribution in [2.75, 3.05) is 13.1 Å². The molecule has 1 N–H and O–H groups in total. The van der Waals surface area contributed by atoms with Gasteiger partial charge in [-0.1, -0.05) is 42.5 Å². The Hall–Kier alpha value is -1.92. The highest BCUT2D eigenvalue weighted by molar-refractivity contribution is 7.88. The number of carbonyl (C=O) groups excluding carboxylic acids is 1. The second-order valence-electron chi connectivity index (χ2n) is 5.87. The Labute approximate surface area is 136 Å². The molecule has 3 rings (SSSR count). The number of fused-ring (bicyclic) bond motifs is 1. The van der Waals surface area contributed by atoms with E-state index in [0.717, 1.165) is 16.3 Å². The summed E-state index contributed by atoms with van der Waals surface area (Å²) in [6.07, 6.45) is 0.632. The topological polar surface area (TPSA) is 66.5 Å². The maximum atomic E-state index is 12.7. The van der Waals surface area contributed by atoms with Gasteiger partial charge in [0.1, 0.15) is 6.04 Å². The molecule has 5 nitrogen and oxygen atoms in total. The number of sulfonamides is 1. The summed E-state index contributed by atoms with van der Waals surface area (Å²) in [4.78, 5) is 11.9. The molecule has 0 saturated carbocycles. The summed E-state index contributed by atoms with van der Waals surface area (Å²) >= 11 is 0. The van der Waals surface area contributed by atoms with E-state index in [0.29, 0.717) is 19.5 Å². The van der Waals surface area contributed by atoms with Crippen LogP contribution in [0.5, 0.6) is 0 Å². The van der Waals surface area contributed by atoms with Gasteiger partial charge in [-0.25, -0.2) is 8.42 Å². The average Bonchev–Trinajstić information content (AvgIpc) is 2.69. The van der Waals surface area contributed by atoms with Gasteiger partial charge in [-0.05, 0) is 29.7 Å². The third-order valence-corrected chi connectivity index (χ3v) is 6.10. The van der Waals surface area contributed by atoms with Gasteiger partial charge in [-0.3, -0.25) is 4.79 Å². The Morgan fingerprint density at radius 2 is 1.91 bits per heavy atom. The van der Waals surface area contributed by atoms with Crippen molar-refractivity contribution in [2.45, 2.75) is 25.1 Å². The van der Waals surface area contributed by atoms with Crippen molar-refractivity contribution < 1.29 is 13.2 Å². The molecule has 0 radical (unpaired) electrons. The van der Waals surface area contributed by atoms with E-state index in [-0.39, 0.29) is 11.7 Å². The summed E-state index contributed by atoms with van der Waals surface area (Å²) in [5, 5.41) is 4.83. The number of carbonyl (C=O) groups is 1. The van der Waals surface area contributed by atoms with Crippen LogP contribution in [0.4, 0.5) is 0 Å². The van der Waals surface area contributed by atoms with Crippen LogP contribution in [0.1, 0.15) is 18.9 Å². The molecule has 0 bridgehead atoms. The smallest absolute Gasteiger partial charge is 0.238 e. The first-order chi connectivity index (χ1) is 11.0. The maximum Gasteiger partial charge on any atom is 0.238 e. The molecule has 1 fully saturated rings. The summed E-state index contributed by atoms with van der Waals surface area (Å²) < 4.78 is 26.8. The Morgan fingerprint density at radius 3 is 2.70 bits per heavy atom. The molecule has 1 saturated heterocycles.